The number of thioether (sulfide) groups is 1. The maximum absolute atomic E-state index is 12.3. The lowest BCUT2D eigenvalue weighted by molar-refractivity contribution is -0.113. The van der Waals surface area contributed by atoms with Crippen LogP contribution in [0.5, 0.6) is 5.75 Å². The molecule has 2 aromatic carbocycles. The zero-order valence-electron chi connectivity index (χ0n) is 17.2. The van der Waals surface area contributed by atoms with Crippen LogP contribution in [0.3, 0.4) is 0 Å². The quantitative estimate of drug-likeness (QED) is 0.561. The Balaban J connectivity index is 1.56. The van der Waals surface area contributed by atoms with Crippen LogP contribution in [-0.4, -0.2) is 26.4 Å². The molecule has 0 aliphatic rings. The molecule has 1 amide bonds. The van der Waals surface area contributed by atoms with E-state index in [1.54, 1.807) is 0 Å². The van der Waals surface area contributed by atoms with E-state index < -0.39 is 0 Å². The van der Waals surface area contributed by atoms with E-state index in [1.807, 2.05) is 61.9 Å². The van der Waals surface area contributed by atoms with Crippen LogP contribution in [0.4, 0.5) is 5.69 Å². The Morgan fingerprint density at radius 2 is 1.97 bits per heavy atom. The molecule has 1 heterocycles. The lowest BCUT2D eigenvalue weighted by Crippen LogP contribution is -2.15. The molecule has 0 spiro atoms. The first-order chi connectivity index (χ1) is 14.0. The van der Waals surface area contributed by atoms with E-state index in [2.05, 4.69) is 28.5 Å². The molecule has 0 aliphatic carbocycles. The van der Waals surface area contributed by atoms with Crippen LogP contribution in [0.25, 0.3) is 0 Å². The Hall–Kier alpha value is -2.80. The normalized spacial score (nSPS) is 10.8. The molecule has 0 fully saturated rings. The van der Waals surface area contributed by atoms with Crippen molar-refractivity contribution in [1.82, 2.24) is 14.8 Å². The molecule has 0 unspecified atom stereocenters. The summed E-state index contributed by atoms with van der Waals surface area (Å²) in [6, 6.07) is 14.0. The van der Waals surface area contributed by atoms with Gasteiger partial charge in [-0.25, -0.2) is 0 Å². The van der Waals surface area contributed by atoms with Crippen molar-refractivity contribution in [3.8, 4) is 5.75 Å². The summed E-state index contributed by atoms with van der Waals surface area (Å²) in [5.74, 6) is 1.76. The molecule has 152 valence electrons. The van der Waals surface area contributed by atoms with E-state index >= 15 is 0 Å². The molecule has 1 aromatic heterocycles. The van der Waals surface area contributed by atoms with Crippen molar-refractivity contribution < 1.29 is 9.53 Å². The first kappa shape index (κ1) is 20.9. The van der Waals surface area contributed by atoms with Crippen molar-refractivity contribution in [2.45, 2.75) is 39.0 Å². The lowest BCUT2D eigenvalue weighted by Gasteiger charge is -2.10. The zero-order valence-corrected chi connectivity index (χ0v) is 18.0. The topological polar surface area (TPSA) is 69.0 Å². The van der Waals surface area contributed by atoms with Gasteiger partial charge in [0, 0.05) is 12.7 Å². The number of aryl methyl sites for hydroxylation is 3. The van der Waals surface area contributed by atoms with Gasteiger partial charge < -0.3 is 14.6 Å². The van der Waals surface area contributed by atoms with Gasteiger partial charge in [-0.3, -0.25) is 4.79 Å². The Labute approximate surface area is 175 Å². The minimum atomic E-state index is -0.0629. The number of hydrogen-bond donors (Lipinski definition) is 1. The molecule has 3 aromatic rings. The van der Waals surface area contributed by atoms with Gasteiger partial charge in [-0.05, 0) is 49.1 Å². The monoisotopic (exact) mass is 410 g/mol. The highest BCUT2D eigenvalue weighted by Crippen LogP contribution is 2.22. The van der Waals surface area contributed by atoms with Gasteiger partial charge in [0.05, 0.1) is 5.75 Å². The third-order valence-electron chi connectivity index (χ3n) is 4.63. The van der Waals surface area contributed by atoms with E-state index in [0.29, 0.717) is 17.6 Å². The summed E-state index contributed by atoms with van der Waals surface area (Å²) in [5.41, 5.74) is 4.21. The highest BCUT2D eigenvalue weighted by Gasteiger charge is 2.13. The Morgan fingerprint density at radius 1 is 1.17 bits per heavy atom. The van der Waals surface area contributed by atoms with Crippen molar-refractivity contribution in [1.29, 1.82) is 0 Å². The second kappa shape index (κ2) is 9.60. The summed E-state index contributed by atoms with van der Waals surface area (Å²) < 4.78 is 7.78. The molecular weight excluding hydrogens is 384 g/mol. The van der Waals surface area contributed by atoms with Crippen LogP contribution in [-0.2, 0) is 24.9 Å². The van der Waals surface area contributed by atoms with Crippen LogP contribution in [0.15, 0.2) is 47.6 Å². The first-order valence-corrected chi connectivity index (χ1v) is 10.6. The molecule has 0 bridgehead atoms. The molecule has 6 nitrogen and oxygen atoms in total. The lowest BCUT2D eigenvalue weighted by atomic mass is 10.1. The number of rotatable bonds is 8. The summed E-state index contributed by atoms with van der Waals surface area (Å²) >= 11 is 1.36. The van der Waals surface area contributed by atoms with Crippen molar-refractivity contribution in [2.75, 3.05) is 11.1 Å². The molecule has 0 saturated carbocycles. The molecule has 1 N–H and O–H groups in total. The predicted molar refractivity (Wildman–Crippen MR) is 116 cm³/mol. The number of nitrogens with zero attached hydrogens (tertiary/aromatic N) is 3. The largest absolute Gasteiger partial charge is 0.485 e. The van der Waals surface area contributed by atoms with Crippen LogP contribution in [0, 0.1) is 13.8 Å². The average molecular weight is 411 g/mol. The fraction of sp³-hybridized carbons (Fsp3) is 0.318. The third-order valence-corrected chi connectivity index (χ3v) is 5.65. The zero-order chi connectivity index (χ0) is 20.8. The number of ether oxygens (including phenoxy) is 1. The Morgan fingerprint density at radius 3 is 2.76 bits per heavy atom. The second-order valence-electron chi connectivity index (χ2n) is 6.86. The van der Waals surface area contributed by atoms with E-state index in [1.165, 1.54) is 11.8 Å². The highest BCUT2D eigenvalue weighted by atomic mass is 32.2. The second-order valence-corrected chi connectivity index (χ2v) is 7.81. The molecule has 0 radical (unpaired) electrons. The number of anilines is 1. The summed E-state index contributed by atoms with van der Waals surface area (Å²) in [6.45, 7) is 6.45. The number of para-hydroxylation sites is 1. The molecule has 29 heavy (non-hydrogen) atoms. The van der Waals surface area contributed by atoms with Crippen LogP contribution in [0.1, 0.15) is 29.4 Å². The van der Waals surface area contributed by atoms with E-state index in [-0.39, 0.29) is 11.7 Å². The smallest absolute Gasteiger partial charge is 0.234 e. The Kier molecular flexibility index (Phi) is 6.93. The summed E-state index contributed by atoms with van der Waals surface area (Å²) in [7, 11) is 1.88. The average Bonchev–Trinajstić information content (AvgIpc) is 3.07. The molecule has 3 rings (SSSR count). The van der Waals surface area contributed by atoms with Gasteiger partial charge in [0.2, 0.25) is 5.91 Å². The molecule has 0 atom stereocenters. The number of hydrogen-bond acceptors (Lipinski definition) is 5. The third kappa shape index (κ3) is 5.38. The van der Waals surface area contributed by atoms with Crippen molar-refractivity contribution in [3.05, 3.63) is 65.0 Å². The first-order valence-electron chi connectivity index (χ1n) is 9.56. The van der Waals surface area contributed by atoms with E-state index in [9.17, 15) is 4.79 Å². The highest BCUT2D eigenvalue weighted by molar-refractivity contribution is 7.99. The number of carbonyl (C=O) groups excluding carboxylic acids is 1. The maximum atomic E-state index is 12.3. The number of amides is 1. The summed E-state index contributed by atoms with van der Waals surface area (Å²) in [4.78, 5) is 12.3. The fourth-order valence-electron chi connectivity index (χ4n) is 2.87. The Bertz CT molecular complexity index is 1000. The summed E-state index contributed by atoms with van der Waals surface area (Å²) in [5, 5.41) is 12.1. The summed E-state index contributed by atoms with van der Waals surface area (Å²) in [6.07, 6.45) is 0.872. The number of benzene rings is 2. The minimum Gasteiger partial charge on any atom is -0.485 e. The molecule has 0 saturated heterocycles. The van der Waals surface area contributed by atoms with Gasteiger partial charge in [0.1, 0.15) is 12.4 Å². The number of carbonyl (C=O) groups is 1. The molecule has 0 aliphatic heterocycles. The number of nitrogens with one attached hydrogen (secondary N) is 1. The van der Waals surface area contributed by atoms with Crippen LogP contribution in [0.2, 0.25) is 0 Å². The van der Waals surface area contributed by atoms with Crippen LogP contribution >= 0.6 is 11.8 Å². The van der Waals surface area contributed by atoms with Gasteiger partial charge >= 0.3 is 0 Å². The van der Waals surface area contributed by atoms with E-state index in [4.69, 9.17) is 4.74 Å². The van der Waals surface area contributed by atoms with Crippen molar-refractivity contribution in [2.24, 2.45) is 7.05 Å². The maximum Gasteiger partial charge on any atom is 0.234 e. The molecular formula is C22H26N4O2S. The minimum absolute atomic E-state index is 0.0629. The molecule has 7 heteroatoms. The fourth-order valence-corrected chi connectivity index (χ4v) is 3.60. The number of aromatic nitrogens is 3. The standard InChI is InChI=1S/C22H26N4O2S/c1-5-17-8-6-7-9-18(17)23-21(27)14-29-22-25-24-20(26(22)4)13-28-19-12-15(2)10-11-16(19)3/h6-12H,5,13-14H2,1-4H3,(H,23,27). The van der Waals surface area contributed by atoms with Crippen LogP contribution < -0.4 is 10.1 Å². The van der Waals surface area contributed by atoms with Gasteiger partial charge in [-0.15, -0.1) is 10.2 Å². The van der Waals surface area contributed by atoms with Gasteiger partial charge in [0.25, 0.3) is 0 Å². The van der Waals surface area contributed by atoms with E-state index in [0.717, 1.165) is 34.5 Å². The van der Waals surface area contributed by atoms with Gasteiger partial charge in [-0.2, -0.15) is 0 Å². The van der Waals surface area contributed by atoms with Gasteiger partial charge in [0.15, 0.2) is 11.0 Å². The van der Waals surface area contributed by atoms with Crippen molar-refractivity contribution >= 4 is 23.4 Å². The van der Waals surface area contributed by atoms with Crippen molar-refractivity contribution in [3.63, 3.8) is 0 Å². The van der Waals surface area contributed by atoms with Gasteiger partial charge in [-0.1, -0.05) is 49.0 Å². The SMILES string of the molecule is CCc1ccccc1NC(=O)CSc1nnc(COc2cc(C)ccc2C)n1C. The predicted octanol–water partition coefficient (Wildman–Crippen LogP) is 4.30.